The van der Waals surface area contributed by atoms with Crippen molar-refractivity contribution in [1.82, 2.24) is 0 Å². The number of esters is 1. The largest absolute Gasteiger partial charge is 0.488 e. The van der Waals surface area contributed by atoms with Gasteiger partial charge in [0.15, 0.2) is 0 Å². The van der Waals surface area contributed by atoms with Gasteiger partial charge in [0.2, 0.25) is 0 Å². The quantitative estimate of drug-likeness (QED) is 0.623. The summed E-state index contributed by atoms with van der Waals surface area (Å²) in [6, 6.07) is 7.94. The first-order valence-electron chi connectivity index (χ1n) is 6.48. The molecule has 0 saturated heterocycles. The topological polar surface area (TPSA) is 35.5 Å². The SMILES string of the molecule is COC(=O)c1cc(C(F)(F)F)ccc1OCc1ccc(F)cc1. The lowest BCUT2D eigenvalue weighted by Gasteiger charge is -2.13. The molecule has 2 rings (SSSR count). The maximum absolute atomic E-state index is 12.8. The molecular formula is C16H12F4O3. The van der Waals surface area contributed by atoms with Crippen molar-refractivity contribution in [2.75, 3.05) is 7.11 Å². The molecule has 0 unspecified atom stereocenters. The zero-order valence-electron chi connectivity index (χ0n) is 12.0. The molecule has 0 radical (unpaired) electrons. The van der Waals surface area contributed by atoms with Crippen molar-refractivity contribution in [2.24, 2.45) is 0 Å². The van der Waals surface area contributed by atoms with E-state index in [-0.39, 0.29) is 17.9 Å². The highest BCUT2D eigenvalue weighted by Gasteiger charge is 2.32. The van der Waals surface area contributed by atoms with E-state index in [1.807, 2.05) is 0 Å². The summed E-state index contributed by atoms with van der Waals surface area (Å²) < 4.78 is 60.8. The van der Waals surface area contributed by atoms with Crippen LogP contribution in [0.5, 0.6) is 5.75 Å². The van der Waals surface area contributed by atoms with Crippen molar-refractivity contribution in [3.63, 3.8) is 0 Å². The molecule has 122 valence electrons. The molecule has 23 heavy (non-hydrogen) atoms. The third-order valence-corrected chi connectivity index (χ3v) is 3.02. The fourth-order valence-corrected chi connectivity index (χ4v) is 1.84. The van der Waals surface area contributed by atoms with E-state index in [9.17, 15) is 22.4 Å². The number of alkyl halides is 3. The monoisotopic (exact) mass is 328 g/mol. The van der Waals surface area contributed by atoms with Crippen molar-refractivity contribution in [3.05, 3.63) is 65.0 Å². The summed E-state index contributed by atoms with van der Waals surface area (Å²) in [5.74, 6) is -1.40. The number of methoxy groups -OCH3 is 1. The van der Waals surface area contributed by atoms with E-state index in [4.69, 9.17) is 4.74 Å². The number of hydrogen-bond donors (Lipinski definition) is 0. The van der Waals surface area contributed by atoms with Crippen LogP contribution in [-0.4, -0.2) is 13.1 Å². The zero-order chi connectivity index (χ0) is 17.0. The summed E-state index contributed by atoms with van der Waals surface area (Å²) in [6.45, 7) is -0.0321. The number of ether oxygens (including phenoxy) is 2. The predicted molar refractivity (Wildman–Crippen MR) is 73.5 cm³/mol. The van der Waals surface area contributed by atoms with Crippen LogP contribution in [0.15, 0.2) is 42.5 Å². The summed E-state index contributed by atoms with van der Waals surface area (Å²) in [7, 11) is 1.06. The minimum absolute atomic E-state index is 0.0321. The van der Waals surface area contributed by atoms with E-state index in [0.717, 1.165) is 19.2 Å². The lowest BCUT2D eigenvalue weighted by molar-refractivity contribution is -0.137. The van der Waals surface area contributed by atoms with Crippen LogP contribution in [0.3, 0.4) is 0 Å². The van der Waals surface area contributed by atoms with Gasteiger partial charge in [-0.3, -0.25) is 0 Å². The molecule has 0 aliphatic heterocycles. The number of rotatable bonds is 4. The summed E-state index contributed by atoms with van der Waals surface area (Å²) in [6.07, 6.45) is -4.59. The van der Waals surface area contributed by atoms with Gasteiger partial charge in [0.05, 0.1) is 12.7 Å². The number of benzene rings is 2. The summed E-state index contributed by atoms with van der Waals surface area (Å²) in [5.41, 5.74) is -0.710. The molecule has 2 aromatic carbocycles. The number of halogens is 4. The highest BCUT2D eigenvalue weighted by molar-refractivity contribution is 5.92. The average Bonchev–Trinajstić information content (AvgIpc) is 2.52. The third-order valence-electron chi connectivity index (χ3n) is 3.02. The standard InChI is InChI=1S/C16H12F4O3/c1-22-15(21)13-8-11(16(18,19)20)4-7-14(13)23-9-10-2-5-12(17)6-3-10/h2-8H,9H2,1H3. The molecule has 0 amide bonds. The van der Waals surface area contributed by atoms with Gasteiger partial charge in [-0.25, -0.2) is 9.18 Å². The maximum atomic E-state index is 12.8. The van der Waals surface area contributed by atoms with Gasteiger partial charge < -0.3 is 9.47 Å². The van der Waals surface area contributed by atoms with E-state index in [1.54, 1.807) is 0 Å². The summed E-state index contributed by atoms with van der Waals surface area (Å²) in [4.78, 5) is 11.7. The van der Waals surface area contributed by atoms with Crippen LogP contribution in [0.4, 0.5) is 17.6 Å². The van der Waals surface area contributed by atoms with Gasteiger partial charge in [-0.05, 0) is 35.9 Å². The molecule has 0 saturated carbocycles. The Balaban J connectivity index is 2.26. The lowest BCUT2D eigenvalue weighted by atomic mass is 10.1. The van der Waals surface area contributed by atoms with E-state index >= 15 is 0 Å². The van der Waals surface area contributed by atoms with Gasteiger partial charge in [0.1, 0.15) is 23.7 Å². The molecule has 0 heterocycles. The normalized spacial score (nSPS) is 11.2. The fraction of sp³-hybridized carbons (Fsp3) is 0.188. The zero-order valence-corrected chi connectivity index (χ0v) is 12.0. The van der Waals surface area contributed by atoms with Crippen molar-refractivity contribution in [3.8, 4) is 5.75 Å². The molecular weight excluding hydrogens is 316 g/mol. The minimum atomic E-state index is -4.59. The second kappa shape index (κ2) is 6.68. The molecule has 3 nitrogen and oxygen atoms in total. The molecule has 0 bridgehead atoms. The molecule has 7 heteroatoms. The summed E-state index contributed by atoms with van der Waals surface area (Å²) >= 11 is 0. The Morgan fingerprint density at radius 3 is 2.30 bits per heavy atom. The van der Waals surface area contributed by atoms with Crippen LogP contribution in [0.25, 0.3) is 0 Å². The van der Waals surface area contributed by atoms with Gasteiger partial charge in [-0.1, -0.05) is 12.1 Å². The van der Waals surface area contributed by atoms with Gasteiger partial charge in [-0.2, -0.15) is 13.2 Å². The van der Waals surface area contributed by atoms with Gasteiger partial charge in [0, 0.05) is 0 Å². The Morgan fingerprint density at radius 1 is 1.09 bits per heavy atom. The summed E-state index contributed by atoms with van der Waals surface area (Å²) in [5, 5.41) is 0. The molecule has 0 atom stereocenters. The van der Waals surface area contributed by atoms with Crippen LogP contribution >= 0.6 is 0 Å². The highest BCUT2D eigenvalue weighted by atomic mass is 19.4. The lowest BCUT2D eigenvalue weighted by Crippen LogP contribution is -2.10. The van der Waals surface area contributed by atoms with Crippen LogP contribution in [0.1, 0.15) is 21.5 Å². The first-order chi connectivity index (χ1) is 10.8. The smallest absolute Gasteiger partial charge is 0.416 e. The molecule has 0 aliphatic rings. The van der Waals surface area contributed by atoms with E-state index < -0.39 is 23.5 Å². The van der Waals surface area contributed by atoms with Crippen molar-refractivity contribution >= 4 is 5.97 Å². The Bertz CT molecular complexity index is 693. The average molecular weight is 328 g/mol. The number of carbonyl (C=O) groups is 1. The minimum Gasteiger partial charge on any atom is -0.488 e. The second-order valence-electron chi connectivity index (χ2n) is 4.62. The van der Waals surface area contributed by atoms with Gasteiger partial charge in [0.25, 0.3) is 0 Å². The van der Waals surface area contributed by atoms with Crippen LogP contribution in [0, 0.1) is 5.82 Å². The molecule has 0 fully saturated rings. The first-order valence-corrected chi connectivity index (χ1v) is 6.48. The Labute approximate surface area is 129 Å². The first kappa shape index (κ1) is 16.8. The molecule has 0 aliphatic carbocycles. The van der Waals surface area contributed by atoms with E-state index in [1.165, 1.54) is 24.3 Å². The second-order valence-corrected chi connectivity index (χ2v) is 4.62. The van der Waals surface area contributed by atoms with Crippen LogP contribution in [-0.2, 0) is 17.5 Å². The predicted octanol–water partition coefficient (Wildman–Crippen LogP) is 4.21. The molecule has 0 N–H and O–H groups in total. The van der Waals surface area contributed by atoms with E-state index in [2.05, 4.69) is 4.74 Å². The maximum Gasteiger partial charge on any atom is 0.416 e. The van der Waals surface area contributed by atoms with Crippen LogP contribution in [0.2, 0.25) is 0 Å². The molecule has 2 aromatic rings. The Hall–Kier alpha value is -2.57. The molecule has 0 spiro atoms. The van der Waals surface area contributed by atoms with Crippen molar-refractivity contribution in [2.45, 2.75) is 12.8 Å². The molecule has 0 aromatic heterocycles. The van der Waals surface area contributed by atoms with Crippen molar-refractivity contribution in [1.29, 1.82) is 0 Å². The van der Waals surface area contributed by atoms with Gasteiger partial charge >= 0.3 is 12.1 Å². The van der Waals surface area contributed by atoms with E-state index in [0.29, 0.717) is 11.6 Å². The van der Waals surface area contributed by atoms with Crippen LogP contribution < -0.4 is 4.74 Å². The third kappa shape index (κ3) is 4.21. The van der Waals surface area contributed by atoms with Gasteiger partial charge in [-0.15, -0.1) is 0 Å². The Kier molecular flexibility index (Phi) is 4.88. The van der Waals surface area contributed by atoms with Crippen molar-refractivity contribution < 1.29 is 31.8 Å². The highest BCUT2D eigenvalue weighted by Crippen LogP contribution is 2.33. The number of carbonyl (C=O) groups excluding carboxylic acids is 1. The fourth-order valence-electron chi connectivity index (χ4n) is 1.84. The number of hydrogen-bond acceptors (Lipinski definition) is 3. The Morgan fingerprint density at radius 2 is 1.74 bits per heavy atom.